The van der Waals surface area contributed by atoms with Crippen LogP contribution in [0.4, 0.5) is 5.69 Å². The fourth-order valence-electron chi connectivity index (χ4n) is 2.49. The van der Waals surface area contributed by atoms with E-state index in [-0.39, 0.29) is 5.92 Å². The van der Waals surface area contributed by atoms with Crippen LogP contribution in [0.15, 0.2) is 22.7 Å². The molecule has 3 N–H and O–H groups in total. The highest BCUT2D eigenvalue weighted by Gasteiger charge is 2.37. The summed E-state index contributed by atoms with van der Waals surface area (Å²) in [6.45, 7) is 2.62. The van der Waals surface area contributed by atoms with Crippen LogP contribution in [0.2, 0.25) is 0 Å². The van der Waals surface area contributed by atoms with Crippen LogP contribution in [-0.2, 0) is 4.79 Å². The number of amides is 1. The summed E-state index contributed by atoms with van der Waals surface area (Å²) in [6, 6.07) is 4.44. The number of aliphatic carboxylic acids is 1. The first-order valence-electron chi connectivity index (χ1n) is 6.00. The lowest BCUT2D eigenvalue weighted by molar-refractivity contribution is -0.139. The van der Waals surface area contributed by atoms with E-state index in [1.807, 2.05) is 11.8 Å². The highest BCUT2D eigenvalue weighted by molar-refractivity contribution is 9.10. The van der Waals surface area contributed by atoms with Crippen molar-refractivity contribution in [2.45, 2.75) is 19.4 Å². The van der Waals surface area contributed by atoms with Gasteiger partial charge in [-0.2, -0.15) is 0 Å². The molecule has 1 amide bonds. The van der Waals surface area contributed by atoms with E-state index >= 15 is 0 Å². The van der Waals surface area contributed by atoms with E-state index in [0.29, 0.717) is 16.6 Å². The van der Waals surface area contributed by atoms with Crippen molar-refractivity contribution in [1.82, 2.24) is 0 Å². The van der Waals surface area contributed by atoms with Gasteiger partial charge in [-0.15, -0.1) is 0 Å². The van der Waals surface area contributed by atoms with Crippen LogP contribution in [-0.4, -0.2) is 29.6 Å². The van der Waals surface area contributed by atoms with Gasteiger partial charge < -0.3 is 15.7 Å². The number of halogens is 1. The second-order valence-electron chi connectivity index (χ2n) is 4.77. The number of hydrogen-bond donors (Lipinski definition) is 2. The van der Waals surface area contributed by atoms with Crippen LogP contribution in [0, 0.1) is 5.92 Å². The van der Waals surface area contributed by atoms with E-state index in [0.717, 1.165) is 12.1 Å². The smallest absolute Gasteiger partial charge is 0.326 e. The van der Waals surface area contributed by atoms with Crippen molar-refractivity contribution in [3.05, 3.63) is 28.2 Å². The predicted octanol–water partition coefficient (Wildman–Crippen LogP) is 1.85. The Morgan fingerprint density at radius 2 is 2.16 bits per heavy atom. The summed E-state index contributed by atoms with van der Waals surface area (Å²) in [7, 11) is 0. The molecule has 1 fully saturated rings. The third-order valence-electron chi connectivity index (χ3n) is 3.49. The summed E-state index contributed by atoms with van der Waals surface area (Å²) >= 11 is 3.38. The molecule has 0 spiro atoms. The molecule has 5 nitrogen and oxygen atoms in total. The van der Waals surface area contributed by atoms with E-state index in [1.54, 1.807) is 18.2 Å². The van der Waals surface area contributed by atoms with Crippen molar-refractivity contribution in [3.8, 4) is 0 Å². The molecule has 2 atom stereocenters. The van der Waals surface area contributed by atoms with Crippen LogP contribution in [0.1, 0.15) is 23.7 Å². The maximum Gasteiger partial charge on any atom is 0.326 e. The largest absolute Gasteiger partial charge is 0.480 e. The number of carbonyl (C=O) groups is 2. The van der Waals surface area contributed by atoms with Crippen molar-refractivity contribution in [2.75, 3.05) is 11.4 Å². The van der Waals surface area contributed by atoms with Crippen LogP contribution in [0.3, 0.4) is 0 Å². The highest BCUT2D eigenvalue weighted by atomic mass is 79.9. The Hall–Kier alpha value is -1.56. The molecule has 102 valence electrons. The summed E-state index contributed by atoms with van der Waals surface area (Å²) in [5.74, 6) is -1.23. The first-order valence-corrected chi connectivity index (χ1v) is 6.80. The summed E-state index contributed by atoms with van der Waals surface area (Å²) in [6.07, 6.45) is 0.834. The van der Waals surface area contributed by atoms with Gasteiger partial charge in [0.05, 0.1) is 5.69 Å². The van der Waals surface area contributed by atoms with Gasteiger partial charge in [0, 0.05) is 16.6 Å². The van der Waals surface area contributed by atoms with Gasteiger partial charge in [-0.25, -0.2) is 4.79 Å². The molecule has 1 aliphatic rings. The zero-order valence-corrected chi connectivity index (χ0v) is 12.1. The van der Waals surface area contributed by atoms with E-state index in [2.05, 4.69) is 15.9 Å². The SMILES string of the molecule is CC1CCN(c2ccc(C(N)=O)cc2Br)C1C(=O)O. The number of carboxylic acid groups (broad SMARTS) is 1. The molecule has 1 saturated heterocycles. The molecule has 19 heavy (non-hydrogen) atoms. The third kappa shape index (κ3) is 2.58. The number of carboxylic acids is 1. The second-order valence-corrected chi connectivity index (χ2v) is 5.63. The van der Waals surface area contributed by atoms with Crippen LogP contribution >= 0.6 is 15.9 Å². The lowest BCUT2D eigenvalue weighted by Gasteiger charge is -2.26. The minimum atomic E-state index is -0.823. The molecule has 0 saturated carbocycles. The number of carbonyl (C=O) groups excluding carboxylic acids is 1. The molecule has 1 heterocycles. The minimum absolute atomic E-state index is 0.0974. The average Bonchev–Trinajstić information content (AvgIpc) is 2.70. The number of anilines is 1. The van der Waals surface area contributed by atoms with Gasteiger partial charge in [-0.1, -0.05) is 6.92 Å². The number of hydrogen-bond acceptors (Lipinski definition) is 3. The summed E-state index contributed by atoms with van der Waals surface area (Å²) in [5, 5.41) is 9.32. The number of nitrogens with two attached hydrogens (primary N) is 1. The Labute approximate surface area is 119 Å². The maximum atomic E-state index is 11.4. The lowest BCUT2D eigenvalue weighted by atomic mass is 10.0. The summed E-state index contributed by atoms with van der Waals surface area (Å²) in [5.41, 5.74) is 6.39. The normalized spacial score (nSPS) is 22.5. The monoisotopic (exact) mass is 326 g/mol. The molecule has 0 aliphatic carbocycles. The quantitative estimate of drug-likeness (QED) is 0.887. The van der Waals surface area contributed by atoms with Crippen molar-refractivity contribution in [1.29, 1.82) is 0 Å². The fourth-order valence-corrected chi connectivity index (χ4v) is 3.09. The zero-order chi connectivity index (χ0) is 14.2. The first kappa shape index (κ1) is 13.9. The Balaban J connectivity index is 2.36. The number of rotatable bonds is 3. The van der Waals surface area contributed by atoms with Gasteiger partial charge in [-0.3, -0.25) is 4.79 Å². The second kappa shape index (κ2) is 5.21. The molecule has 1 aliphatic heterocycles. The van der Waals surface area contributed by atoms with Crippen LogP contribution < -0.4 is 10.6 Å². The van der Waals surface area contributed by atoms with Crippen molar-refractivity contribution < 1.29 is 14.7 Å². The van der Waals surface area contributed by atoms with Crippen molar-refractivity contribution in [2.24, 2.45) is 11.7 Å². The highest BCUT2D eigenvalue weighted by Crippen LogP contribution is 2.35. The fraction of sp³-hybridized carbons (Fsp3) is 0.385. The number of primary amides is 1. The van der Waals surface area contributed by atoms with Crippen molar-refractivity contribution in [3.63, 3.8) is 0 Å². The summed E-state index contributed by atoms with van der Waals surface area (Å²) < 4.78 is 0.684. The molecule has 0 radical (unpaired) electrons. The standard InChI is InChI=1S/C13H15BrN2O3/c1-7-4-5-16(11(7)13(18)19)10-3-2-8(12(15)17)6-9(10)14/h2-3,6-7,11H,4-5H2,1H3,(H2,15,17)(H,18,19). The van der Waals surface area contributed by atoms with E-state index in [1.165, 1.54) is 0 Å². The van der Waals surface area contributed by atoms with E-state index < -0.39 is 17.9 Å². The molecule has 1 aromatic carbocycles. The predicted molar refractivity (Wildman–Crippen MR) is 75.2 cm³/mol. The van der Waals surface area contributed by atoms with Gasteiger partial charge in [0.15, 0.2) is 0 Å². The van der Waals surface area contributed by atoms with Crippen LogP contribution in [0.5, 0.6) is 0 Å². The van der Waals surface area contributed by atoms with Crippen molar-refractivity contribution >= 4 is 33.5 Å². The molecule has 6 heteroatoms. The number of nitrogens with zero attached hydrogens (tertiary/aromatic N) is 1. The van der Waals surface area contributed by atoms with Gasteiger partial charge in [0.2, 0.25) is 5.91 Å². The Bertz CT molecular complexity index is 533. The van der Waals surface area contributed by atoms with Gasteiger partial charge in [0.25, 0.3) is 0 Å². The molecule has 0 aromatic heterocycles. The third-order valence-corrected chi connectivity index (χ3v) is 4.13. The van der Waals surface area contributed by atoms with E-state index in [4.69, 9.17) is 5.73 Å². The molecule has 0 bridgehead atoms. The molecule has 1 aromatic rings. The first-order chi connectivity index (χ1) is 8.91. The topological polar surface area (TPSA) is 83.6 Å². The molecular formula is C13H15BrN2O3. The molecule has 2 rings (SSSR count). The maximum absolute atomic E-state index is 11.4. The molecule has 2 unspecified atom stereocenters. The van der Waals surface area contributed by atoms with Gasteiger partial charge >= 0.3 is 5.97 Å². The Morgan fingerprint density at radius 1 is 1.47 bits per heavy atom. The number of benzene rings is 1. The Morgan fingerprint density at radius 3 is 2.68 bits per heavy atom. The average molecular weight is 327 g/mol. The Kier molecular flexibility index (Phi) is 3.80. The summed E-state index contributed by atoms with van der Waals surface area (Å²) in [4.78, 5) is 24.3. The minimum Gasteiger partial charge on any atom is -0.480 e. The lowest BCUT2D eigenvalue weighted by Crippen LogP contribution is -2.39. The van der Waals surface area contributed by atoms with E-state index in [9.17, 15) is 14.7 Å². The van der Waals surface area contributed by atoms with Crippen LogP contribution in [0.25, 0.3) is 0 Å². The zero-order valence-electron chi connectivity index (χ0n) is 10.5. The van der Waals surface area contributed by atoms with Gasteiger partial charge in [-0.05, 0) is 46.5 Å². The molecular weight excluding hydrogens is 312 g/mol. The van der Waals surface area contributed by atoms with Gasteiger partial charge in [0.1, 0.15) is 6.04 Å².